The molecule has 4 aromatic rings. The fraction of sp³-hybridized carbons (Fsp3) is 0.0952. The molecule has 0 spiro atoms. The third-order valence-electron chi connectivity index (χ3n) is 4.22. The van der Waals surface area contributed by atoms with E-state index in [1.807, 2.05) is 37.3 Å². The molecule has 0 atom stereocenters. The van der Waals surface area contributed by atoms with Gasteiger partial charge in [-0.25, -0.2) is 14.1 Å². The SMILES string of the molecule is Cc1nc(Cc2cc(F)cc(Cl)c2)sc1NC(=O)c1ccnn1-c1ccccc1. The minimum atomic E-state index is -0.386. The van der Waals surface area contributed by atoms with Gasteiger partial charge >= 0.3 is 0 Å². The molecule has 2 aromatic carbocycles. The molecule has 0 aliphatic heterocycles. The second kappa shape index (κ2) is 8.14. The number of aromatic nitrogens is 3. The van der Waals surface area contributed by atoms with Gasteiger partial charge in [0.2, 0.25) is 0 Å². The van der Waals surface area contributed by atoms with Crippen molar-refractivity contribution in [3.63, 3.8) is 0 Å². The lowest BCUT2D eigenvalue weighted by molar-refractivity contribution is 0.102. The summed E-state index contributed by atoms with van der Waals surface area (Å²) in [4.78, 5) is 17.3. The van der Waals surface area contributed by atoms with Crippen LogP contribution in [0.15, 0.2) is 60.8 Å². The lowest BCUT2D eigenvalue weighted by Crippen LogP contribution is -2.16. The maximum atomic E-state index is 13.6. The van der Waals surface area contributed by atoms with Gasteiger partial charge in [0.05, 0.1) is 22.6 Å². The van der Waals surface area contributed by atoms with Crippen molar-refractivity contribution in [3.8, 4) is 5.69 Å². The van der Waals surface area contributed by atoms with E-state index in [0.717, 1.165) is 16.3 Å². The summed E-state index contributed by atoms with van der Waals surface area (Å²) < 4.78 is 15.1. The smallest absolute Gasteiger partial charge is 0.275 e. The predicted molar refractivity (Wildman–Crippen MR) is 113 cm³/mol. The van der Waals surface area contributed by atoms with E-state index in [-0.39, 0.29) is 11.7 Å². The zero-order valence-electron chi connectivity index (χ0n) is 15.4. The first-order valence-corrected chi connectivity index (χ1v) is 10.0. The van der Waals surface area contributed by atoms with Crippen LogP contribution in [0.25, 0.3) is 5.69 Å². The van der Waals surface area contributed by atoms with Gasteiger partial charge in [-0.1, -0.05) is 29.8 Å². The van der Waals surface area contributed by atoms with E-state index in [4.69, 9.17) is 11.6 Å². The van der Waals surface area contributed by atoms with Crippen LogP contribution >= 0.6 is 22.9 Å². The van der Waals surface area contributed by atoms with Crippen molar-refractivity contribution in [1.82, 2.24) is 14.8 Å². The molecule has 0 radical (unpaired) electrons. The Morgan fingerprint density at radius 2 is 2.00 bits per heavy atom. The summed E-state index contributed by atoms with van der Waals surface area (Å²) in [6.45, 7) is 1.82. The first kappa shape index (κ1) is 19.3. The maximum absolute atomic E-state index is 13.6. The summed E-state index contributed by atoms with van der Waals surface area (Å²) in [7, 11) is 0. The zero-order chi connectivity index (χ0) is 20.4. The number of nitrogens with zero attached hydrogens (tertiary/aromatic N) is 3. The summed E-state index contributed by atoms with van der Waals surface area (Å²) in [6, 6.07) is 15.5. The number of aryl methyl sites for hydroxylation is 1. The molecule has 29 heavy (non-hydrogen) atoms. The van der Waals surface area contributed by atoms with Crippen molar-refractivity contribution in [2.75, 3.05) is 5.32 Å². The van der Waals surface area contributed by atoms with Gasteiger partial charge in [0, 0.05) is 11.4 Å². The van der Waals surface area contributed by atoms with Crippen molar-refractivity contribution < 1.29 is 9.18 Å². The highest BCUT2D eigenvalue weighted by molar-refractivity contribution is 7.16. The largest absolute Gasteiger partial charge is 0.311 e. The van der Waals surface area contributed by atoms with Gasteiger partial charge in [-0.2, -0.15) is 5.10 Å². The standard InChI is InChI=1S/C21H16ClFN4OS/c1-13-21(29-19(25-13)11-14-9-15(22)12-16(23)10-14)26-20(28)18-7-8-24-27(18)17-5-3-2-4-6-17/h2-10,12H,11H2,1H3,(H,26,28). The molecule has 0 unspecified atom stereocenters. The Morgan fingerprint density at radius 1 is 1.21 bits per heavy atom. The van der Waals surface area contributed by atoms with Crippen LogP contribution in [0.5, 0.6) is 0 Å². The molecule has 2 heterocycles. The first-order chi connectivity index (χ1) is 14.0. The molecular weight excluding hydrogens is 411 g/mol. The molecule has 0 bridgehead atoms. The Balaban J connectivity index is 1.54. The third-order valence-corrected chi connectivity index (χ3v) is 5.51. The molecule has 146 valence electrons. The molecule has 4 rings (SSSR count). The number of halogens is 2. The first-order valence-electron chi connectivity index (χ1n) is 8.81. The molecule has 0 saturated heterocycles. The van der Waals surface area contributed by atoms with Gasteiger partial charge < -0.3 is 5.32 Å². The number of carbonyl (C=O) groups excluding carboxylic acids is 1. The Labute approximate surface area is 175 Å². The quantitative estimate of drug-likeness (QED) is 0.472. The number of carbonyl (C=O) groups is 1. The fourth-order valence-electron chi connectivity index (χ4n) is 2.95. The van der Waals surface area contributed by atoms with E-state index in [9.17, 15) is 9.18 Å². The second-order valence-electron chi connectivity index (χ2n) is 6.39. The molecule has 0 fully saturated rings. The summed E-state index contributed by atoms with van der Waals surface area (Å²) in [5, 5.41) is 8.90. The van der Waals surface area contributed by atoms with Crippen LogP contribution in [0.1, 0.15) is 26.8 Å². The minimum Gasteiger partial charge on any atom is -0.311 e. The molecular formula is C21H16ClFN4OS. The van der Waals surface area contributed by atoms with Crippen molar-refractivity contribution in [2.45, 2.75) is 13.3 Å². The molecule has 5 nitrogen and oxygen atoms in total. The van der Waals surface area contributed by atoms with E-state index in [0.29, 0.717) is 27.8 Å². The molecule has 1 N–H and O–H groups in total. The van der Waals surface area contributed by atoms with Crippen LogP contribution in [0.2, 0.25) is 5.02 Å². The molecule has 2 aromatic heterocycles. The topological polar surface area (TPSA) is 59.8 Å². The number of hydrogen-bond acceptors (Lipinski definition) is 4. The number of hydrogen-bond donors (Lipinski definition) is 1. The molecule has 0 aliphatic rings. The van der Waals surface area contributed by atoms with E-state index in [2.05, 4.69) is 15.4 Å². The van der Waals surface area contributed by atoms with Crippen LogP contribution in [-0.4, -0.2) is 20.7 Å². The van der Waals surface area contributed by atoms with Gasteiger partial charge in [-0.15, -0.1) is 11.3 Å². The van der Waals surface area contributed by atoms with Gasteiger partial charge in [0.25, 0.3) is 5.91 Å². The molecule has 0 saturated carbocycles. The van der Waals surface area contributed by atoms with Gasteiger partial charge in [0.1, 0.15) is 16.5 Å². The van der Waals surface area contributed by atoms with Crippen LogP contribution in [0.3, 0.4) is 0 Å². The highest BCUT2D eigenvalue weighted by Gasteiger charge is 2.17. The normalized spacial score (nSPS) is 10.9. The Morgan fingerprint density at radius 3 is 2.76 bits per heavy atom. The van der Waals surface area contributed by atoms with E-state index < -0.39 is 0 Å². The third kappa shape index (κ3) is 4.36. The summed E-state index contributed by atoms with van der Waals surface area (Å²) in [6.07, 6.45) is 2.02. The minimum absolute atomic E-state index is 0.279. The summed E-state index contributed by atoms with van der Waals surface area (Å²) in [5.74, 6) is -0.665. The highest BCUT2D eigenvalue weighted by Crippen LogP contribution is 2.27. The predicted octanol–water partition coefficient (Wildman–Crippen LogP) is 5.27. The van der Waals surface area contributed by atoms with Gasteiger partial charge in [-0.05, 0) is 48.9 Å². The average molecular weight is 427 g/mol. The maximum Gasteiger partial charge on any atom is 0.275 e. The Hall–Kier alpha value is -3.03. The Kier molecular flexibility index (Phi) is 5.42. The monoisotopic (exact) mass is 426 g/mol. The molecule has 8 heteroatoms. The van der Waals surface area contributed by atoms with Crippen LogP contribution in [0, 0.1) is 12.7 Å². The number of anilines is 1. The average Bonchev–Trinajstić information content (AvgIpc) is 3.29. The van der Waals surface area contributed by atoms with E-state index in [1.165, 1.54) is 23.5 Å². The number of thiazole rings is 1. The Bertz CT molecular complexity index is 1150. The van der Waals surface area contributed by atoms with Crippen molar-refractivity contribution in [2.24, 2.45) is 0 Å². The lowest BCUT2D eigenvalue weighted by atomic mass is 10.1. The molecule has 0 aliphatic carbocycles. The fourth-order valence-corrected chi connectivity index (χ4v) is 4.19. The number of para-hydroxylation sites is 1. The highest BCUT2D eigenvalue weighted by atomic mass is 35.5. The van der Waals surface area contributed by atoms with Crippen molar-refractivity contribution >= 4 is 33.8 Å². The summed E-state index contributed by atoms with van der Waals surface area (Å²) in [5.41, 5.74) is 2.64. The number of rotatable bonds is 5. The van der Waals surface area contributed by atoms with Crippen molar-refractivity contribution in [3.05, 3.63) is 93.6 Å². The summed E-state index contributed by atoms with van der Waals surface area (Å²) >= 11 is 7.28. The van der Waals surface area contributed by atoms with E-state index >= 15 is 0 Å². The van der Waals surface area contributed by atoms with E-state index in [1.54, 1.807) is 23.0 Å². The van der Waals surface area contributed by atoms with Crippen LogP contribution in [-0.2, 0) is 6.42 Å². The lowest BCUT2D eigenvalue weighted by Gasteiger charge is -2.07. The van der Waals surface area contributed by atoms with Gasteiger partial charge in [0.15, 0.2) is 0 Å². The van der Waals surface area contributed by atoms with Crippen LogP contribution in [0.4, 0.5) is 9.39 Å². The zero-order valence-corrected chi connectivity index (χ0v) is 17.0. The molecule has 1 amide bonds. The number of benzene rings is 2. The number of nitrogens with one attached hydrogen (secondary N) is 1. The second-order valence-corrected chi connectivity index (χ2v) is 7.91. The number of amides is 1. The van der Waals surface area contributed by atoms with Crippen molar-refractivity contribution in [1.29, 1.82) is 0 Å². The van der Waals surface area contributed by atoms with Gasteiger partial charge in [-0.3, -0.25) is 4.79 Å². The van der Waals surface area contributed by atoms with Crippen LogP contribution < -0.4 is 5.32 Å².